The molecule has 1 amide bonds. The minimum Gasteiger partial charge on any atom is -0.339 e. The molecule has 1 atom stereocenters. The normalized spacial score (nSPS) is 28.2. The van der Waals surface area contributed by atoms with Crippen LogP contribution in [0.2, 0.25) is 5.02 Å². The first-order valence-electron chi connectivity index (χ1n) is 10.1. The molecule has 0 radical (unpaired) electrons. The highest BCUT2D eigenvalue weighted by Crippen LogP contribution is 2.45. The molecular formula is C21H29ClN2OS. The van der Waals surface area contributed by atoms with Crippen molar-refractivity contribution in [1.29, 1.82) is 0 Å². The number of halogens is 1. The predicted octanol–water partition coefficient (Wildman–Crippen LogP) is 5.30. The summed E-state index contributed by atoms with van der Waals surface area (Å²) in [6, 6.07) is 6.61. The van der Waals surface area contributed by atoms with Gasteiger partial charge in [0.25, 0.3) is 0 Å². The largest absolute Gasteiger partial charge is 0.339 e. The molecule has 0 aromatic heterocycles. The van der Waals surface area contributed by atoms with Crippen LogP contribution in [0.15, 0.2) is 23.1 Å². The zero-order valence-corrected chi connectivity index (χ0v) is 17.2. The Kier molecular flexibility index (Phi) is 5.54. The van der Waals surface area contributed by atoms with Crippen molar-refractivity contribution in [2.45, 2.75) is 69.2 Å². The van der Waals surface area contributed by atoms with E-state index in [1.807, 2.05) is 12.1 Å². The first-order chi connectivity index (χ1) is 12.6. The highest BCUT2D eigenvalue weighted by atomic mass is 35.5. The van der Waals surface area contributed by atoms with Gasteiger partial charge in [-0.2, -0.15) is 0 Å². The number of likely N-dealkylation sites (tertiary alicyclic amines) is 1. The molecule has 0 bridgehead atoms. The number of carbonyl (C=O) groups is 1. The van der Waals surface area contributed by atoms with Crippen molar-refractivity contribution in [3.8, 4) is 0 Å². The molecule has 2 heterocycles. The van der Waals surface area contributed by atoms with E-state index in [4.69, 9.17) is 11.6 Å². The highest BCUT2D eigenvalue weighted by Gasteiger charge is 2.50. The van der Waals surface area contributed by atoms with Gasteiger partial charge in [0.15, 0.2) is 0 Å². The van der Waals surface area contributed by atoms with Gasteiger partial charge in [-0.15, -0.1) is 0 Å². The quantitative estimate of drug-likeness (QED) is 0.652. The number of amides is 1. The molecule has 1 aromatic carbocycles. The van der Waals surface area contributed by atoms with Crippen molar-refractivity contribution in [3.05, 3.63) is 28.8 Å². The zero-order chi connectivity index (χ0) is 18.1. The fourth-order valence-electron chi connectivity index (χ4n) is 4.96. The van der Waals surface area contributed by atoms with Crippen molar-refractivity contribution < 1.29 is 4.79 Å². The van der Waals surface area contributed by atoms with Gasteiger partial charge in [0.2, 0.25) is 5.91 Å². The molecule has 0 N–H and O–H groups in total. The molecule has 5 heteroatoms. The summed E-state index contributed by atoms with van der Waals surface area (Å²) in [5, 5.41) is 0.821. The molecule has 3 aliphatic rings. The molecule has 1 spiro atoms. The van der Waals surface area contributed by atoms with Crippen LogP contribution in [0.4, 0.5) is 0 Å². The molecule has 4 rings (SSSR count). The Morgan fingerprint density at radius 3 is 2.73 bits per heavy atom. The number of piperidine rings is 1. The lowest BCUT2D eigenvalue weighted by Gasteiger charge is -2.39. The minimum atomic E-state index is -0.144. The van der Waals surface area contributed by atoms with Gasteiger partial charge in [-0.1, -0.05) is 36.9 Å². The van der Waals surface area contributed by atoms with Gasteiger partial charge in [-0.25, -0.2) is 4.31 Å². The van der Waals surface area contributed by atoms with Crippen molar-refractivity contribution >= 4 is 29.5 Å². The predicted molar refractivity (Wildman–Crippen MR) is 108 cm³/mol. The van der Waals surface area contributed by atoms with Gasteiger partial charge in [-0.05, 0) is 68.7 Å². The molecule has 1 aromatic rings. The summed E-state index contributed by atoms with van der Waals surface area (Å²) in [4.78, 5) is 16.8. The fraction of sp³-hybridized carbons (Fsp3) is 0.667. The molecule has 3 fully saturated rings. The number of rotatable bonds is 3. The summed E-state index contributed by atoms with van der Waals surface area (Å²) in [5.41, 5.74) is 0.996. The lowest BCUT2D eigenvalue weighted by Crippen LogP contribution is -2.48. The Morgan fingerprint density at radius 1 is 1.12 bits per heavy atom. The number of nitrogens with zero attached hydrogens (tertiary/aromatic N) is 2. The SMILES string of the molecule is Cc1c(Cl)cccc1SN1CCCC2(CCN(C3CCCCC3)C2=O)C1. The molecule has 1 unspecified atom stereocenters. The lowest BCUT2D eigenvalue weighted by molar-refractivity contribution is -0.140. The van der Waals surface area contributed by atoms with E-state index in [0.717, 1.165) is 49.5 Å². The van der Waals surface area contributed by atoms with Crippen LogP contribution in [0.3, 0.4) is 0 Å². The topological polar surface area (TPSA) is 23.6 Å². The van der Waals surface area contributed by atoms with E-state index in [9.17, 15) is 4.79 Å². The van der Waals surface area contributed by atoms with Crippen LogP contribution in [-0.4, -0.2) is 40.8 Å². The second-order valence-corrected chi connectivity index (χ2v) is 9.79. The molecule has 2 aliphatic heterocycles. The number of hydrogen-bond donors (Lipinski definition) is 0. The third-order valence-corrected chi connectivity index (χ3v) is 8.17. The van der Waals surface area contributed by atoms with Crippen molar-refractivity contribution in [2.75, 3.05) is 19.6 Å². The second kappa shape index (κ2) is 7.73. The first-order valence-corrected chi connectivity index (χ1v) is 11.2. The maximum atomic E-state index is 13.4. The van der Waals surface area contributed by atoms with Crippen molar-refractivity contribution in [1.82, 2.24) is 9.21 Å². The van der Waals surface area contributed by atoms with Gasteiger partial charge in [-0.3, -0.25) is 4.79 Å². The first kappa shape index (κ1) is 18.6. The summed E-state index contributed by atoms with van der Waals surface area (Å²) in [6.07, 6.45) is 9.54. The molecule has 26 heavy (non-hydrogen) atoms. The van der Waals surface area contributed by atoms with Crippen LogP contribution in [0.1, 0.15) is 56.9 Å². The number of benzene rings is 1. The maximum Gasteiger partial charge on any atom is 0.230 e. The standard InChI is InChI=1S/C21H29ClN2OS/c1-16-18(22)9-5-10-19(16)26-23-13-6-11-21(15-23)12-14-24(20(21)25)17-7-3-2-4-8-17/h5,9-10,17H,2-4,6-8,11-15H2,1H3. The molecule has 2 saturated heterocycles. The Labute approximate surface area is 166 Å². The van der Waals surface area contributed by atoms with E-state index < -0.39 is 0 Å². The minimum absolute atomic E-state index is 0.144. The van der Waals surface area contributed by atoms with Gasteiger partial charge in [0, 0.05) is 35.6 Å². The number of hydrogen-bond acceptors (Lipinski definition) is 3. The van der Waals surface area contributed by atoms with Gasteiger partial charge in [0.05, 0.1) is 5.41 Å². The summed E-state index contributed by atoms with van der Waals surface area (Å²) >= 11 is 8.07. The van der Waals surface area contributed by atoms with Gasteiger partial charge < -0.3 is 4.90 Å². The molecule has 142 valence electrons. The Hall–Kier alpha value is -0.710. The van der Waals surface area contributed by atoms with Crippen LogP contribution in [0.25, 0.3) is 0 Å². The number of carbonyl (C=O) groups excluding carboxylic acids is 1. The summed E-state index contributed by atoms with van der Waals surface area (Å²) < 4.78 is 2.41. The van der Waals surface area contributed by atoms with Crippen LogP contribution >= 0.6 is 23.5 Å². The van der Waals surface area contributed by atoms with E-state index in [1.54, 1.807) is 11.9 Å². The molecular weight excluding hydrogens is 364 g/mol. The van der Waals surface area contributed by atoms with Crippen molar-refractivity contribution in [2.24, 2.45) is 5.41 Å². The summed E-state index contributed by atoms with van der Waals surface area (Å²) in [6.45, 7) is 4.98. The molecule has 3 nitrogen and oxygen atoms in total. The lowest BCUT2D eigenvalue weighted by atomic mass is 9.79. The van der Waals surface area contributed by atoms with Crippen LogP contribution in [0, 0.1) is 12.3 Å². The molecule has 1 saturated carbocycles. The van der Waals surface area contributed by atoms with Gasteiger partial charge in [0.1, 0.15) is 0 Å². The zero-order valence-electron chi connectivity index (χ0n) is 15.7. The van der Waals surface area contributed by atoms with Crippen LogP contribution in [0.5, 0.6) is 0 Å². The third kappa shape index (κ3) is 3.53. The summed E-state index contributed by atoms with van der Waals surface area (Å²) in [5.74, 6) is 0.442. The Morgan fingerprint density at radius 2 is 1.92 bits per heavy atom. The fourth-order valence-corrected chi connectivity index (χ4v) is 6.39. The van der Waals surface area contributed by atoms with E-state index in [1.165, 1.54) is 37.0 Å². The summed E-state index contributed by atoms with van der Waals surface area (Å²) in [7, 11) is 0. The molecule has 1 aliphatic carbocycles. The van der Waals surface area contributed by atoms with Crippen LogP contribution < -0.4 is 0 Å². The smallest absolute Gasteiger partial charge is 0.230 e. The maximum absolute atomic E-state index is 13.4. The van der Waals surface area contributed by atoms with Gasteiger partial charge >= 0.3 is 0 Å². The third-order valence-electron chi connectivity index (χ3n) is 6.55. The average molecular weight is 393 g/mol. The highest BCUT2D eigenvalue weighted by molar-refractivity contribution is 7.97. The second-order valence-electron chi connectivity index (χ2n) is 8.24. The van der Waals surface area contributed by atoms with Crippen molar-refractivity contribution in [3.63, 3.8) is 0 Å². The van der Waals surface area contributed by atoms with E-state index in [0.29, 0.717) is 11.9 Å². The van der Waals surface area contributed by atoms with E-state index in [2.05, 4.69) is 22.2 Å². The van der Waals surface area contributed by atoms with E-state index in [-0.39, 0.29) is 5.41 Å². The average Bonchev–Trinajstić information content (AvgIpc) is 2.96. The Balaban J connectivity index is 1.46. The Bertz CT molecular complexity index is 676. The van der Waals surface area contributed by atoms with Crippen LogP contribution in [-0.2, 0) is 4.79 Å². The monoisotopic (exact) mass is 392 g/mol. The van der Waals surface area contributed by atoms with E-state index >= 15 is 0 Å².